The summed E-state index contributed by atoms with van der Waals surface area (Å²) in [5.74, 6) is 0.640. The van der Waals surface area contributed by atoms with E-state index in [9.17, 15) is 9.59 Å². The van der Waals surface area contributed by atoms with Crippen LogP contribution in [0.2, 0.25) is 5.02 Å². The minimum absolute atomic E-state index is 0.144. The van der Waals surface area contributed by atoms with E-state index in [0.717, 1.165) is 100 Å². The van der Waals surface area contributed by atoms with Crippen molar-refractivity contribution in [1.82, 2.24) is 24.6 Å². The molecule has 244 valence electrons. The number of halogens is 2. The van der Waals surface area contributed by atoms with Gasteiger partial charge < -0.3 is 15.5 Å². The zero-order chi connectivity index (χ0) is 31.5. The fourth-order valence-corrected chi connectivity index (χ4v) is 8.81. The van der Waals surface area contributed by atoms with Crippen molar-refractivity contribution in [3.05, 3.63) is 62.3 Å². The zero-order valence-corrected chi connectivity index (χ0v) is 28.9. The first-order chi connectivity index (χ1) is 21.8. The third-order valence-electron chi connectivity index (χ3n) is 10.8. The normalized spacial score (nSPS) is 23.8. The molecule has 3 saturated heterocycles. The van der Waals surface area contributed by atoms with Crippen molar-refractivity contribution in [2.75, 3.05) is 45.8 Å². The number of aryl methyl sites for hydroxylation is 2. The molecule has 3 fully saturated rings. The number of benzene rings is 1. The Hall–Kier alpha value is -2.20. The van der Waals surface area contributed by atoms with Crippen LogP contribution in [0, 0.1) is 5.92 Å². The van der Waals surface area contributed by atoms with Gasteiger partial charge in [-0.25, -0.2) is 4.79 Å². The molecule has 1 unspecified atom stereocenters. The number of aromatic nitrogens is 1. The molecule has 2 aromatic rings. The lowest BCUT2D eigenvalue weighted by Crippen LogP contribution is -2.59. The number of primary amides is 1. The van der Waals surface area contributed by atoms with Gasteiger partial charge in [0.25, 0.3) is 0 Å². The van der Waals surface area contributed by atoms with E-state index in [0.29, 0.717) is 37.4 Å². The minimum Gasteiger partial charge on any atom is -0.351 e. The highest BCUT2D eigenvalue weighted by Crippen LogP contribution is 2.39. The Bertz CT molecular complexity index is 1310. The number of carbonyl (C=O) groups is 2. The maximum Gasteiger partial charge on any atom is 0.314 e. The predicted octanol–water partition coefficient (Wildman–Crippen LogP) is 6.03. The lowest BCUT2D eigenvalue weighted by atomic mass is 9.91. The van der Waals surface area contributed by atoms with Crippen LogP contribution < -0.4 is 5.73 Å². The van der Waals surface area contributed by atoms with E-state index >= 15 is 0 Å². The van der Waals surface area contributed by atoms with Gasteiger partial charge in [0.2, 0.25) is 5.91 Å². The Morgan fingerprint density at radius 3 is 2.47 bits per heavy atom. The van der Waals surface area contributed by atoms with Gasteiger partial charge in [-0.1, -0.05) is 37.4 Å². The number of nitrogens with zero attached hydrogens (tertiary/aromatic N) is 5. The number of fused-ring (bicyclic) bond motifs is 2. The standard InChI is InChI=1S/C35H48BrClN6O2/c1-2-3-4-30-23-42(17-18-43(30)32(44)19-24-9-13-41(14-10-24)35(38)45)29-11-15-40(16-12-29)34-31-8-7-28(37)21-25(31)5-6-26-20-27(36)22-39-33(26)34/h7-8,20-22,24,29-30,34H,2-6,9-19,23H2,1H3,(H2,38,45)/t30-,34?/m1/s1. The molecule has 1 aromatic carbocycles. The molecule has 4 aliphatic rings. The summed E-state index contributed by atoms with van der Waals surface area (Å²) in [6.45, 7) is 8.35. The molecule has 0 saturated carbocycles. The van der Waals surface area contributed by atoms with Crippen molar-refractivity contribution in [1.29, 1.82) is 0 Å². The zero-order valence-electron chi connectivity index (χ0n) is 26.6. The van der Waals surface area contributed by atoms with Crippen molar-refractivity contribution >= 4 is 39.5 Å². The van der Waals surface area contributed by atoms with Gasteiger partial charge in [-0.05, 0) is 102 Å². The Kier molecular flexibility index (Phi) is 10.7. The Morgan fingerprint density at radius 1 is 0.978 bits per heavy atom. The molecule has 3 aliphatic heterocycles. The van der Waals surface area contributed by atoms with E-state index in [1.54, 1.807) is 4.90 Å². The van der Waals surface area contributed by atoms with Crippen molar-refractivity contribution in [2.24, 2.45) is 11.7 Å². The van der Waals surface area contributed by atoms with E-state index in [1.165, 1.54) is 22.4 Å². The van der Waals surface area contributed by atoms with E-state index in [4.69, 9.17) is 22.3 Å². The molecule has 8 nitrogen and oxygen atoms in total. The molecule has 45 heavy (non-hydrogen) atoms. The quantitative estimate of drug-likeness (QED) is 0.382. The van der Waals surface area contributed by atoms with Crippen LogP contribution in [0.1, 0.15) is 86.7 Å². The summed E-state index contributed by atoms with van der Waals surface area (Å²) >= 11 is 10.1. The van der Waals surface area contributed by atoms with Crippen molar-refractivity contribution < 1.29 is 9.59 Å². The first-order valence-electron chi connectivity index (χ1n) is 17.0. The summed E-state index contributed by atoms with van der Waals surface area (Å²) in [5, 5.41) is 0.801. The average Bonchev–Trinajstić information content (AvgIpc) is 3.20. The predicted molar refractivity (Wildman–Crippen MR) is 182 cm³/mol. The van der Waals surface area contributed by atoms with Gasteiger partial charge in [0.1, 0.15) is 0 Å². The second-order valence-corrected chi connectivity index (χ2v) is 14.9. The van der Waals surface area contributed by atoms with E-state index in [1.807, 2.05) is 12.3 Å². The van der Waals surface area contributed by atoms with Crippen LogP contribution in [0.3, 0.4) is 0 Å². The first kappa shape index (κ1) is 32.7. The Labute approximate surface area is 281 Å². The number of unbranched alkanes of at least 4 members (excludes halogenated alkanes) is 1. The van der Waals surface area contributed by atoms with E-state index < -0.39 is 0 Å². The largest absolute Gasteiger partial charge is 0.351 e. The van der Waals surface area contributed by atoms with Gasteiger partial charge in [0.15, 0.2) is 0 Å². The number of piperidine rings is 2. The molecule has 1 aromatic heterocycles. The number of amides is 3. The number of hydrogen-bond acceptors (Lipinski definition) is 5. The van der Waals surface area contributed by atoms with E-state index in [2.05, 4.69) is 55.8 Å². The molecule has 2 N–H and O–H groups in total. The number of carbonyl (C=O) groups excluding carboxylic acids is 2. The molecule has 0 radical (unpaired) electrons. The number of hydrogen-bond donors (Lipinski definition) is 1. The van der Waals surface area contributed by atoms with Crippen molar-refractivity contribution in [3.63, 3.8) is 0 Å². The van der Waals surface area contributed by atoms with Crippen molar-refractivity contribution in [3.8, 4) is 0 Å². The van der Waals surface area contributed by atoms with Gasteiger partial charge in [0, 0.05) is 80.0 Å². The SMILES string of the molecule is CCCC[C@@H]1CN(C2CCN(C3c4ccc(Cl)cc4CCc4cc(Br)cnc43)CC2)CCN1C(=O)CC1CCN(C(N)=O)CC1. The number of pyridine rings is 1. The van der Waals surface area contributed by atoms with Crippen LogP contribution in [0.15, 0.2) is 34.9 Å². The number of rotatable bonds is 7. The molecule has 0 bridgehead atoms. The summed E-state index contributed by atoms with van der Waals surface area (Å²) in [4.78, 5) is 39.4. The summed E-state index contributed by atoms with van der Waals surface area (Å²) in [6.07, 6.45) is 11.8. The van der Waals surface area contributed by atoms with Gasteiger partial charge in [0.05, 0.1) is 11.7 Å². The topological polar surface area (TPSA) is 86.0 Å². The van der Waals surface area contributed by atoms with Gasteiger partial charge in [-0.2, -0.15) is 0 Å². The summed E-state index contributed by atoms with van der Waals surface area (Å²) in [7, 11) is 0. The minimum atomic E-state index is -0.347. The number of likely N-dealkylation sites (tertiary alicyclic amines) is 2. The Morgan fingerprint density at radius 2 is 1.73 bits per heavy atom. The number of piperazine rings is 1. The van der Waals surface area contributed by atoms with Gasteiger partial charge in [-0.15, -0.1) is 0 Å². The van der Waals surface area contributed by atoms with Crippen LogP contribution in [-0.2, 0) is 17.6 Å². The molecular weight excluding hydrogens is 652 g/mol. The maximum atomic E-state index is 13.6. The van der Waals surface area contributed by atoms with Gasteiger partial charge in [-0.3, -0.25) is 19.6 Å². The molecule has 3 amide bonds. The number of nitrogens with two attached hydrogens (primary N) is 1. The molecule has 0 spiro atoms. The van der Waals surface area contributed by atoms with Crippen LogP contribution in [0.5, 0.6) is 0 Å². The summed E-state index contributed by atoms with van der Waals surface area (Å²) in [6, 6.07) is 9.27. The third kappa shape index (κ3) is 7.53. The first-order valence-corrected chi connectivity index (χ1v) is 18.2. The molecule has 4 heterocycles. The second-order valence-electron chi connectivity index (χ2n) is 13.6. The molecular formula is C35H48BrClN6O2. The third-order valence-corrected chi connectivity index (χ3v) is 11.5. The fraction of sp³-hybridized carbons (Fsp3) is 0.629. The lowest BCUT2D eigenvalue weighted by Gasteiger charge is -2.48. The molecule has 1 aliphatic carbocycles. The van der Waals surface area contributed by atoms with E-state index in [-0.39, 0.29) is 18.1 Å². The van der Waals surface area contributed by atoms with Crippen molar-refractivity contribution in [2.45, 2.75) is 89.3 Å². The maximum absolute atomic E-state index is 13.6. The summed E-state index contributed by atoms with van der Waals surface area (Å²) < 4.78 is 1.03. The lowest BCUT2D eigenvalue weighted by molar-refractivity contribution is -0.138. The Balaban J connectivity index is 1.10. The summed E-state index contributed by atoms with van der Waals surface area (Å²) in [5.41, 5.74) is 10.7. The highest BCUT2D eigenvalue weighted by atomic mass is 79.9. The van der Waals surface area contributed by atoms with Crippen LogP contribution in [0.4, 0.5) is 4.79 Å². The highest BCUT2D eigenvalue weighted by molar-refractivity contribution is 9.10. The average molecular weight is 700 g/mol. The second kappa shape index (κ2) is 14.7. The monoisotopic (exact) mass is 698 g/mol. The van der Waals surface area contributed by atoms with Crippen LogP contribution in [0.25, 0.3) is 0 Å². The van der Waals surface area contributed by atoms with Gasteiger partial charge >= 0.3 is 6.03 Å². The smallest absolute Gasteiger partial charge is 0.314 e. The fourth-order valence-electron chi connectivity index (χ4n) is 8.24. The highest BCUT2D eigenvalue weighted by Gasteiger charge is 2.38. The molecule has 10 heteroatoms. The molecule has 6 rings (SSSR count). The van der Waals surface area contributed by atoms with Crippen LogP contribution in [-0.4, -0.2) is 94.4 Å². The van der Waals surface area contributed by atoms with Crippen LogP contribution >= 0.6 is 27.5 Å². The number of urea groups is 1. The molecule has 2 atom stereocenters.